The minimum absolute atomic E-state index is 0.128. The number of hydrogen-bond acceptors (Lipinski definition) is 4. The summed E-state index contributed by atoms with van der Waals surface area (Å²) in [5.41, 5.74) is 1.91. The number of likely N-dealkylation sites (N-methyl/N-ethyl adjacent to an activating group) is 1. The third kappa shape index (κ3) is 4.31. The summed E-state index contributed by atoms with van der Waals surface area (Å²) in [4.78, 5) is 22.4. The van der Waals surface area contributed by atoms with Crippen molar-refractivity contribution >= 4 is 16.9 Å². The summed E-state index contributed by atoms with van der Waals surface area (Å²) >= 11 is 0. The molecule has 1 aliphatic rings. The van der Waals surface area contributed by atoms with E-state index in [4.69, 9.17) is 4.74 Å². The van der Waals surface area contributed by atoms with Crippen LogP contribution in [0.5, 0.6) is 5.75 Å². The predicted molar refractivity (Wildman–Crippen MR) is 98.8 cm³/mol. The minimum atomic E-state index is -0.134. The van der Waals surface area contributed by atoms with Crippen molar-refractivity contribution in [3.8, 4) is 5.75 Å². The van der Waals surface area contributed by atoms with Gasteiger partial charge in [0.25, 0.3) is 0 Å². The molecular weight excluding hydrogens is 316 g/mol. The lowest BCUT2D eigenvalue weighted by Crippen LogP contribution is -2.46. The Hall–Kier alpha value is -2.08. The number of H-pyrrole nitrogens is 1. The van der Waals surface area contributed by atoms with E-state index in [-0.39, 0.29) is 11.9 Å². The van der Waals surface area contributed by atoms with Gasteiger partial charge in [-0.1, -0.05) is 12.8 Å². The molecule has 1 amide bonds. The van der Waals surface area contributed by atoms with Gasteiger partial charge >= 0.3 is 0 Å². The molecule has 1 aromatic heterocycles. The molecule has 0 bridgehead atoms. The molecule has 25 heavy (non-hydrogen) atoms. The van der Waals surface area contributed by atoms with E-state index in [1.54, 1.807) is 7.11 Å². The van der Waals surface area contributed by atoms with Crippen LogP contribution in [0.15, 0.2) is 18.2 Å². The number of hydrogen-bond donors (Lipinski definition) is 2. The molecule has 0 radical (unpaired) electrons. The van der Waals surface area contributed by atoms with Gasteiger partial charge < -0.3 is 15.0 Å². The van der Waals surface area contributed by atoms with Gasteiger partial charge in [0, 0.05) is 25.1 Å². The highest BCUT2D eigenvalue weighted by molar-refractivity contribution is 5.81. The van der Waals surface area contributed by atoms with E-state index in [9.17, 15) is 4.79 Å². The van der Waals surface area contributed by atoms with Gasteiger partial charge in [-0.2, -0.15) is 0 Å². The zero-order valence-electron chi connectivity index (χ0n) is 15.3. The van der Waals surface area contributed by atoms with E-state index in [1.165, 1.54) is 12.8 Å². The number of amides is 1. The molecule has 1 fully saturated rings. The number of ether oxygens (including phenoxy) is 1. The summed E-state index contributed by atoms with van der Waals surface area (Å²) in [7, 11) is 3.65. The Bertz CT molecular complexity index is 721. The number of nitrogens with zero attached hydrogens (tertiary/aromatic N) is 2. The van der Waals surface area contributed by atoms with Crippen molar-refractivity contribution < 1.29 is 9.53 Å². The van der Waals surface area contributed by atoms with Crippen LogP contribution in [-0.2, 0) is 11.2 Å². The van der Waals surface area contributed by atoms with Crippen LogP contribution in [0.3, 0.4) is 0 Å². The number of fused-ring (bicyclic) bond motifs is 1. The average Bonchev–Trinajstić information content (AvgIpc) is 3.27. The quantitative estimate of drug-likeness (QED) is 0.810. The molecule has 0 aliphatic heterocycles. The molecule has 3 rings (SSSR count). The predicted octanol–water partition coefficient (Wildman–Crippen LogP) is 2.49. The van der Waals surface area contributed by atoms with Crippen LogP contribution in [0.1, 0.15) is 38.4 Å². The number of nitrogens with one attached hydrogen (secondary N) is 2. The van der Waals surface area contributed by atoms with E-state index in [2.05, 4.69) is 20.2 Å². The maximum absolute atomic E-state index is 12.4. The fourth-order valence-corrected chi connectivity index (χ4v) is 3.35. The first kappa shape index (κ1) is 17.7. The van der Waals surface area contributed by atoms with Gasteiger partial charge in [0.15, 0.2) is 0 Å². The minimum Gasteiger partial charge on any atom is -0.497 e. The number of rotatable bonds is 7. The highest BCUT2D eigenvalue weighted by Gasteiger charge is 2.23. The summed E-state index contributed by atoms with van der Waals surface area (Å²) in [5, 5.41) is 3.17. The van der Waals surface area contributed by atoms with E-state index in [1.807, 2.05) is 32.2 Å². The Labute approximate surface area is 149 Å². The van der Waals surface area contributed by atoms with Gasteiger partial charge in [-0.05, 0) is 38.9 Å². The Kier molecular flexibility index (Phi) is 5.58. The van der Waals surface area contributed by atoms with Gasteiger partial charge in [-0.25, -0.2) is 4.98 Å². The maximum atomic E-state index is 12.4. The summed E-state index contributed by atoms with van der Waals surface area (Å²) in [6, 6.07) is 6.05. The number of aromatic nitrogens is 2. The summed E-state index contributed by atoms with van der Waals surface area (Å²) in [5.74, 6) is 1.87. The van der Waals surface area contributed by atoms with Crippen LogP contribution in [0.25, 0.3) is 11.0 Å². The normalized spacial score (nSPS) is 16.5. The molecule has 136 valence electrons. The first-order valence-corrected chi connectivity index (χ1v) is 9.10. The summed E-state index contributed by atoms with van der Waals surface area (Å²) in [6.07, 6.45) is 5.46. The lowest BCUT2D eigenvalue weighted by molar-refractivity contribution is -0.126. The topological polar surface area (TPSA) is 70.2 Å². The largest absolute Gasteiger partial charge is 0.497 e. The Morgan fingerprint density at radius 3 is 2.92 bits per heavy atom. The second kappa shape index (κ2) is 7.87. The summed E-state index contributed by atoms with van der Waals surface area (Å²) < 4.78 is 5.24. The first-order valence-electron chi connectivity index (χ1n) is 9.10. The highest BCUT2D eigenvalue weighted by Crippen LogP contribution is 2.19. The fraction of sp³-hybridized carbons (Fsp3) is 0.579. The number of carbonyl (C=O) groups is 1. The summed E-state index contributed by atoms with van der Waals surface area (Å²) in [6.45, 7) is 2.74. The van der Waals surface area contributed by atoms with Crippen LogP contribution in [0, 0.1) is 0 Å². The molecule has 6 heteroatoms. The molecule has 1 saturated carbocycles. The van der Waals surface area contributed by atoms with Gasteiger partial charge in [0.1, 0.15) is 11.6 Å². The lowest BCUT2D eigenvalue weighted by Gasteiger charge is -2.25. The second-order valence-corrected chi connectivity index (χ2v) is 6.96. The molecule has 0 saturated heterocycles. The number of aromatic amines is 1. The van der Waals surface area contributed by atoms with Gasteiger partial charge in [0.05, 0.1) is 24.2 Å². The number of methoxy groups -OCH3 is 1. The van der Waals surface area contributed by atoms with Crippen LogP contribution in [0.2, 0.25) is 0 Å². The van der Waals surface area contributed by atoms with Crippen molar-refractivity contribution in [2.45, 2.75) is 51.1 Å². The second-order valence-electron chi connectivity index (χ2n) is 6.96. The molecule has 1 atom stereocenters. The average molecular weight is 344 g/mol. The molecule has 2 N–H and O–H groups in total. The van der Waals surface area contributed by atoms with Gasteiger partial charge in [0.2, 0.25) is 5.91 Å². The van der Waals surface area contributed by atoms with E-state index < -0.39 is 0 Å². The molecule has 1 aromatic carbocycles. The van der Waals surface area contributed by atoms with E-state index >= 15 is 0 Å². The molecular formula is C19H28N4O2. The van der Waals surface area contributed by atoms with Gasteiger partial charge in [-0.3, -0.25) is 9.69 Å². The lowest BCUT2D eigenvalue weighted by atomic mass is 10.2. The first-order chi connectivity index (χ1) is 12.1. The molecule has 1 unspecified atom stereocenters. The Balaban J connectivity index is 1.53. The number of benzene rings is 1. The van der Waals surface area contributed by atoms with E-state index in [0.717, 1.165) is 48.4 Å². The van der Waals surface area contributed by atoms with Crippen LogP contribution < -0.4 is 10.1 Å². The van der Waals surface area contributed by atoms with E-state index in [0.29, 0.717) is 6.04 Å². The van der Waals surface area contributed by atoms with Crippen molar-refractivity contribution in [1.82, 2.24) is 20.2 Å². The van der Waals surface area contributed by atoms with Crippen molar-refractivity contribution in [3.05, 3.63) is 24.0 Å². The third-order valence-corrected chi connectivity index (χ3v) is 5.18. The molecule has 1 heterocycles. The Morgan fingerprint density at radius 1 is 1.44 bits per heavy atom. The fourth-order valence-electron chi connectivity index (χ4n) is 3.35. The number of imidazole rings is 1. The maximum Gasteiger partial charge on any atom is 0.237 e. The molecule has 6 nitrogen and oxygen atoms in total. The molecule has 0 spiro atoms. The standard InChI is InChI=1S/C19H28N4O2/c1-13(19(24)20-14-6-4-5-7-14)23(2)11-10-18-21-16-9-8-15(25-3)12-17(16)22-18/h8-9,12-14H,4-7,10-11H2,1-3H3,(H,20,24)(H,21,22). The Morgan fingerprint density at radius 2 is 2.20 bits per heavy atom. The SMILES string of the molecule is COc1ccc2nc(CCN(C)C(C)C(=O)NC3CCCC3)[nH]c2c1. The molecule has 2 aromatic rings. The van der Waals surface area contributed by atoms with Crippen LogP contribution >= 0.6 is 0 Å². The third-order valence-electron chi connectivity index (χ3n) is 5.18. The van der Waals surface area contributed by atoms with Crippen LogP contribution in [0.4, 0.5) is 0 Å². The highest BCUT2D eigenvalue weighted by atomic mass is 16.5. The number of carbonyl (C=O) groups excluding carboxylic acids is 1. The zero-order valence-corrected chi connectivity index (χ0v) is 15.3. The van der Waals surface area contributed by atoms with Crippen molar-refractivity contribution in [2.75, 3.05) is 20.7 Å². The van der Waals surface area contributed by atoms with Crippen molar-refractivity contribution in [3.63, 3.8) is 0 Å². The van der Waals surface area contributed by atoms with Crippen molar-refractivity contribution in [1.29, 1.82) is 0 Å². The monoisotopic (exact) mass is 344 g/mol. The smallest absolute Gasteiger partial charge is 0.237 e. The zero-order chi connectivity index (χ0) is 17.8. The van der Waals surface area contributed by atoms with Gasteiger partial charge in [-0.15, -0.1) is 0 Å². The van der Waals surface area contributed by atoms with Crippen molar-refractivity contribution in [2.24, 2.45) is 0 Å². The molecule has 1 aliphatic carbocycles. The van der Waals surface area contributed by atoms with Crippen LogP contribution in [-0.4, -0.2) is 53.6 Å².